The van der Waals surface area contributed by atoms with E-state index in [1.54, 1.807) is 0 Å². The molecule has 0 radical (unpaired) electrons. The molecule has 0 aliphatic carbocycles. The minimum absolute atomic E-state index is 0.819. The summed E-state index contributed by atoms with van der Waals surface area (Å²) in [6.07, 6.45) is 5.40. The van der Waals surface area contributed by atoms with Gasteiger partial charge in [-0.25, -0.2) is 0 Å². The maximum absolute atomic E-state index is 2.40. The topological polar surface area (TPSA) is 0 Å². The Morgan fingerprint density at radius 3 is 1.33 bits per heavy atom. The lowest BCUT2D eigenvalue weighted by Crippen LogP contribution is -2.18. The highest BCUT2D eigenvalue weighted by Crippen LogP contribution is 2.31. The molecule has 4 unspecified atom stereocenters. The van der Waals surface area contributed by atoms with E-state index in [9.17, 15) is 0 Å². The van der Waals surface area contributed by atoms with Gasteiger partial charge >= 0.3 is 0 Å². The zero-order chi connectivity index (χ0) is 11.8. The first kappa shape index (κ1) is 15.3. The summed E-state index contributed by atoms with van der Waals surface area (Å²) in [4.78, 5) is 0. The SMILES string of the molecule is CCCC(C)C(C)SC(C)C(C)CCC. The van der Waals surface area contributed by atoms with Gasteiger partial charge in [0.25, 0.3) is 0 Å². The highest BCUT2D eigenvalue weighted by Gasteiger charge is 2.18. The quantitative estimate of drug-likeness (QED) is 0.540. The Bertz CT molecular complexity index is 128. The van der Waals surface area contributed by atoms with Gasteiger partial charge in [-0.15, -0.1) is 0 Å². The van der Waals surface area contributed by atoms with E-state index in [4.69, 9.17) is 0 Å². The van der Waals surface area contributed by atoms with Crippen LogP contribution >= 0.6 is 11.8 Å². The molecule has 0 nitrogen and oxygen atoms in total. The van der Waals surface area contributed by atoms with Crippen molar-refractivity contribution in [3.8, 4) is 0 Å². The van der Waals surface area contributed by atoms with Crippen LogP contribution in [0.1, 0.15) is 67.2 Å². The summed E-state index contributed by atoms with van der Waals surface area (Å²) in [7, 11) is 0. The molecule has 0 aromatic heterocycles. The third kappa shape index (κ3) is 6.50. The second kappa shape index (κ2) is 8.50. The molecule has 0 saturated heterocycles. The van der Waals surface area contributed by atoms with E-state index < -0.39 is 0 Å². The fourth-order valence-electron chi connectivity index (χ4n) is 1.99. The van der Waals surface area contributed by atoms with Gasteiger partial charge in [-0.2, -0.15) is 11.8 Å². The van der Waals surface area contributed by atoms with Crippen LogP contribution in [-0.2, 0) is 0 Å². The molecule has 0 spiro atoms. The molecule has 0 fully saturated rings. The van der Waals surface area contributed by atoms with E-state index >= 15 is 0 Å². The number of thioether (sulfide) groups is 1. The molecule has 0 aromatic carbocycles. The molecule has 0 bridgehead atoms. The van der Waals surface area contributed by atoms with Crippen molar-refractivity contribution in [3.63, 3.8) is 0 Å². The van der Waals surface area contributed by atoms with Crippen LogP contribution in [-0.4, -0.2) is 10.5 Å². The summed E-state index contributed by atoms with van der Waals surface area (Å²) in [5.74, 6) is 1.74. The van der Waals surface area contributed by atoms with E-state index in [0.29, 0.717) is 0 Å². The van der Waals surface area contributed by atoms with Crippen LogP contribution in [0, 0.1) is 11.8 Å². The van der Waals surface area contributed by atoms with Crippen molar-refractivity contribution in [2.75, 3.05) is 0 Å². The predicted octanol–water partition coefficient (Wildman–Crippen LogP) is 5.37. The molecular weight excluding hydrogens is 200 g/mol. The van der Waals surface area contributed by atoms with E-state index in [1.165, 1.54) is 25.7 Å². The van der Waals surface area contributed by atoms with Gasteiger partial charge in [-0.3, -0.25) is 0 Å². The fourth-order valence-corrected chi connectivity index (χ4v) is 3.47. The Hall–Kier alpha value is 0.350. The minimum Gasteiger partial charge on any atom is -0.155 e. The van der Waals surface area contributed by atoms with E-state index in [0.717, 1.165) is 22.3 Å². The Kier molecular flexibility index (Phi) is 8.69. The van der Waals surface area contributed by atoms with Crippen molar-refractivity contribution in [1.82, 2.24) is 0 Å². The molecule has 4 atom stereocenters. The van der Waals surface area contributed by atoms with Crippen LogP contribution in [0.25, 0.3) is 0 Å². The average Bonchev–Trinajstić information content (AvgIpc) is 2.18. The van der Waals surface area contributed by atoms with Crippen LogP contribution in [0.2, 0.25) is 0 Å². The minimum atomic E-state index is 0.819. The van der Waals surface area contributed by atoms with Crippen molar-refractivity contribution in [2.45, 2.75) is 77.7 Å². The molecule has 0 N–H and O–H groups in total. The molecule has 0 rings (SSSR count). The highest BCUT2D eigenvalue weighted by atomic mass is 32.2. The summed E-state index contributed by atoms with van der Waals surface area (Å²) in [6, 6.07) is 0. The number of rotatable bonds is 8. The highest BCUT2D eigenvalue weighted by molar-refractivity contribution is 8.00. The van der Waals surface area contributed by atoms with Crippen LogP contribution in [0.4, 0.5) is 0 Å². The molecule has 0 amide bonds. The molecular formula is C14H30S. The zero-order valence-electron chi connectivity index (χ0n) is 11.5. The van der Waals surface area contributed by atoms with Gasteiger partial charge < -0.3 is 0 Å². The van der Waals surface area contributed by atoms with Crippen molar-refractivity contribution in [2.24, 2.45) is 11.8 Å². The first-order valence-corrected chi connectivity index (χ1v) is 7.62. The monoisotopic (exact) mass is 230 g/mol. The normalized spacial score (nSPS) is 19.6. The molecule has 0 heterocycles. The molecule has 15 heavy (non-hydrogen) atoms. The Morgan fingerprint density at radius 2 is 1.07 bits per heavy atom. The number of hydrogen-bond acceptors (Lipinski definition) is 1. The van der Waals surface area contributed by atoms with Gasteiger partial charge in [0.1, 0.15) is 0 Å². The average molecular weight is 230 g/mol. The van der Waals surface area contributed by atoms with Gasteiger partial charge in [0.15, 0.2) is 0 Å². The third-order valence-electron chi connectivity index (χ3n) is 3.52. The summed E-state index contributed by atoms with van der Waals surface area (Å²) >= 11 is 2.20. The van der Waals surface area contributed by atoms with Crippen molar-refractivity contribution in [3.05, 3.63) is 0 Å². The van der Waals surface area contributed by atoms with E-state index in [1.807, 2.05) is 0 Å². The van der Waals surface area contributed by atoms with Gasteiger partial charge in [-0.05, 0) is 24.7 Å². The fraction of sp³-hybridized carbons (Fsp3) is 1.00. The third-order valence-corrected chi connectivity index (χ3v) is 5.31. The van der Waals surface area contributed by atoms with E-state index in [-0.39, 0.29) is 0 Å². The van der Waals surface area contributed by atoms with Crippen molar-refractivity contribution in [1.29, 1.82) is 0 Å². The number of hydrogen-bond donors (Lipinski definition) is 0. The smallest absolute Gasteiger partial charge is 0.00471 e. The molecule has 0 saturated carbocycles. The zero-order valence-corrected chi connectivity index (χ0v) is 12.4. The van der Waals surface area contributed by atoms with Crippen molar-refractivity contribution >= 4 is 11.8 Å². The lowest BCUT2D eigenvalue weighted by Gasteiger charge is -2.26. The Balaban J connectivity index is 3.88. The lowest BCUT2D eigenvalue weighted by atomic mass is 10.0. The second-order valence-corrected chi connectivity index (χ2v) is 6.84. The summed E-state index contributed by atoms with van der Waals surface area (Å²) in [6.45, 7) is 14.2. The first-order chi connectivity index (χ1) is 7.02. The van der Waals surface area contributed by atoms with Crippen LogP contribution in [0.15, 0.2) is 0 Å². The standard InChI is InChI=1S/C14H30S/c1-7-9-11(3)13(5)15-14(6)12(4)10-8-2/h11-14H,7-10H2,1-6H3. The Morgan fingerprint density at radius 1 is 0.733 bits per heavy atom. The molecule has 92 valence electrons. The largest absolute Gasteiger partial charge is 0.155 e. The maximum Gasteiger partial charge on any atom is 0.00471 e. The van der Waals surface area contributed by atoms with Crippen LogP contribution in [0.3, 0.4) is 0 Å². The van der Waals surface area contributed by atoms with Gasteiger partial charge in [0.2, 0.25) is 0 Å². The Labute approximate surface area is 102 Å². The molecule has 0 aliphatic heterocycles. The predicted molar refractivity (Wildman–Crippen MR) is 74.7 cm³/mol. The second-order valence-electron chi connectivity index (χ2n) is 5.08. The van der Waals surface area contributed by atoms with Crippen LogP contribution < -0.4 is 0 Å². The molecule has 1 heteroatoms. The van der Waals surface area contributed by atoms with Gasteiger partial charge in [0.05, 0.1) is 0 Å². The first-order valence-electron chi connectivity index (χ1n) is 6.68. The summed E-state index contributed by atoms with van der Waals surface area (Å²) in [5, 5.41) is 1.64. The van der Waals surface area contributed by atoms with E-state index in [2.05, 4.69) is 53.3 Å². The lowest BCUT2D eigenvalue weighted by molar-refractivity contribution is 0.500. The van der Waals surface area contributed by atoms with Gasteiger partial charge in [-0.1, -0.05) is 54.4 Å². The summed E-state index contributed by atoms with van der Waals surface area (Å²) in [5.41, 5.74) is 0. The summed E-state index contributed by atoms with van der Waals surface area (Å²) < 4.78 is 0. The maximum atomic E-state index is 2.40. The molecule has 0 aromatic rings. The van der Waals surface area contributed by atoms with Crippen LogP contribution in [0.5, 0.6) is 0 Å². The molecule has 0 aliphatic rings. The van der Waals surface area contributed by atoms with Crippen molar-refractivity contribution < 1.29 is 0 Å². The van der Waals surface area contributed by atoms with Gasteiger partial charge in [0, 0.05) is 10.5 Å².